The molecule has 3 N–H and O–H groups in total. The van der Waals surface area contributed by atoms with Crippen LogP contribution in [-0.4, -0.2) is 12.5 Å². The number of amides is 1. The van der Waals surface area contributed by atoms with Crippen LogP contribution >= 0.6 is 0 Å². The van der Waals surface area contributed by atoms with Crippen molar-refractivity contribution in [2.75, 3.05) is 11.1 Å². The Kier molecular flexibility index (Phi) is 4.71. The van der Waals surface area contributed by atoms with Crippen LogP contribution in [0.5, 0.6) is 5.75 Å². The molecule has 0 aliphatic heterocycles. The molecule has 2 aromatic carbocycles. The molecule has 0 fully saturated rings. The van der Waals surface area contributed by atoms with Crippen LogP contribution in [0.3, 0.4) is 0 Å². The number of nitrogens with one attached hydrogen (secondary N) is 1. The Hall–Kier alpha value is -2.63. The van der Waals surface area contributed by atoms with Crippen molar-refractivity contribution < 1.29 is 18.3 Å². The summed E-state index contributed by atoms with van der Waals surface area (Å²) in [7, 11) is 0. The summed E-state index contributed by atoms with van der Waals surface area (Å²) in [5.41, 5.74) is 7.14. The Morgan fingerprint density at radius 2 is 1.81 bits per heavy atom. The van der Waals surface area contributed by atoms with E-state index in [2.05, 4.69) is 10.1 Å². The summed E-state index contributed by atoms with van der Waals surface area (Å²) in [6.07, 6.45) is 0.114. The van der Waals surface area contributed by atoms with Crippen molar-refractivity contribution in [3.8, 4) is 5.75 Å². The first-order valence-electron chi connectivity index (χ1n) is 6.22. The third-order valence-electron chi connectivity index (χ3n) is 2.72. The zero-order valence-corrected chi connectivity index (χ0v) is 11.1. The first-order valence-corrected chi connectivity index (χ1v) is 6.22. The SMILES string of the molecule is Nc1ccc(CC(=O)Nc2ccccc2OC(F)F)cc1. The quantitative estimate of drug-likeness (QED) is 0.832. The fourth-order valence-corrected chi connectivity index (χ4v) is 1.78. The monoisotopic (exact) mass is 292 g/mol. The van der Waals surface area contributed by atoms with Crippen LogP contribution in [0.2, 0.25) is 0 Å². The van der Waals surface area contributed by atoms with E-state index in [9.17, 15) is 13.6 Å². The standard InChI is InChI=1S/C15H14F2N2O2/c16-15(17)21-13-4-2-1-3-12(13)19-14(20)9-10-5-7-11(18)8-6-10/h1-8,15H,9,18H2,(H,19,20). The van der Waals surface area contributed by atoms with Gasteiger partial charge in [-0.25, -0.2) is 0 Å². The average molecular weight is 292 g/mol. The molecule has 2 rings (SSSR count). The van der Waals surface area contributed by atoms with Crippen molar-refractivity contribution in [1.29, 1.82) is 0 Å². The summed E-state index contributed by atoms with van der Waals surface area (Å²) in [5, 5.41) is 2.55. The number of hydrogen-bond acceptors (Lipinski definition) is 3. The molecule has 0 aliphatic carbocycles. The van der Waals surface area contributed by atoms with E-state index in [1.165, 1.54) is 12.1 Å². The van der Waals surface area contributed by atoms with Crippen LogP contribution in [0, 0.1) is 0 Å². The third kappa shape index (κ3) is 4.45. The van der Waals surface area contributed by atoms with Crippen LogP contribution in [0.15, 0.2) is 48.5 Å². The molecule has 21 heavy (non-hydrogen) atoms. The van der Waals surface area contributed by atoms with E-state index >= 15 is 0 Å². The Balaban J connectivity index is 2.04. The highest BCUT2D eigenvalue weighted by Gasteiger charge is 2.11. The highest BCUT2D eigenvalue weighted by atomic mass is 19.3. The number of para-hydroxylation sites is 2. The number of hydrogen-bond donors (Lipinski definition) is 2. The maximum atomic E-state index is 12.3. The lowest BCUT2D eigenvalue weighted by Crippen LogP contribution is -2.15. The molecule has 0 bridgehead atoms. The van der Waals surface area contributed by atoms with Gasteiger partial charge in [0.25, 0.3) is 0 Å². The van der Waals surface area contributed by atoms with Crippen molar-refractivity contribution >= 4 is 17.3 Å². The molecule has 0 saturated carbocycles. The third-order valence-corrected chi connectivity index (χ3v) is 2.72. The van der Waals surface area contributed by atoms with Crippen molar-refractivity contribution in [2.45, 2.75) is 13.0 Å². The minimum atomic E-state index is -2.94. The zero-order chi connectivity index (χ0) is 15.2. The molecule has 2 aromatic rings. The van der Waals surface area contributed by atoms with Crippen LogP contribution in [0.25, 0.3) is 0 Å². The number of alkyl halides is 2. The number of benzene rings is 2. The molecule has 0 unspecified atom stereocenters. The summed E-state index contributed by atoms with van der Waals surface area (Å²) in [6.45, 7) is -2.94. The van der Waals surface area contributed by atoms with Crippen molar-refractivity contribution in [2.24, 2.45) is 0 Å². The fourth-order valence-electron chi connectivity index (χ4n) is 1.78. The van der Waals surface area contributed by atoms with E-state index in [4.69, 9.17) is 5.73 Å². The van der Waals surface area contributed by atoms with Gasteiger partial charge in [-0.2, -0.15) is 8.78 Å². The van der Waals surface area contributed by atoms with Crippen LogP contribution in [0.4, 0.5) is 20.2 Å². The maximum absolute atomic E-state index is 12.3. The molecule has 6 heteroatoms. The summed E-state index contributed by atoms with van der Waals surface area (Å²) < 4.78 is 28.9. The molecule has 4 nitrogen and oxygen atoms in total. The number of halogens is 2. The van der Waals surface area contributed by atoms with Crippen molar-refractivity contribution in [3.05, 3.63) is 54.1 Å². The average Bonchev–Trinajstić information content (AvgIpc) is 2.43. The van der Waals surface area contributed by atoms with Gasteiger partial charge in [0.15, 0.2) is 0 Å². The molecule has 110 valence electrons. The lowest BCUT2D eigenvalue weighted by molar-refractivity contribution is -0.115. The largest absolute Gasteiger partial charge is 0.433 e. The van der Waals surface area contributed by atoms with Gasteiger partial charge < -0.3 is 15.8 Å². The number of carbonyl (C=O) groups is 1. The molecule has 0 saturated heterocycles. The molecule has 0 spiro atoms. The number of carbonyl (C=O) groups excluding carboxylic acids is 1. The highest BCUT2D eigenvalue weighted by molar-refractivity contribution is 5.93. The lowest BCUT2D eigenvalue weighted by Gasteiger charge is -2.11. The second-order valence-corrected chi connectivity index (χ2v) is 4.34. The maximum Gasteiger partial charge on any atom is 0.387 e. The molecule has 1 amide bonds. The van der Waals surface area contributed by atoms with E-state index in [0.717, 1.165) is 5.56 Å². The van der Waals surface area contributed by atoms with E-state index in [1.807, 2.05) is 0 Å². The first kappa shape index (κ1) is 14.8. The fraction of sp³-hybridized carbons (Fsp3) is 0.133. The summed E-state index contributed by atoms with van der Waals surface area (Å²) in [4.78, 5) is 11.9. The number of ether oxygens (including phenoxy) is 1. The molecular formula is C15H14F2N2O2. The van der Waals surface area contributed by atoms with Crippen LogP contribution in [-0.2, 0) is 11.2 Å². The topological polar surface area (TPSA) is 64.4 Å². The highest BCUT2D eigenvalue weighted by Crippen LogP contribution is 2.25. The predicted molar refractivity (Wildman–Crippen MR) is 76.3 cm³/mol. The summed E-state index contributed by atoms with van der Waals surface area (Å²) in [5.74, 6) is -0.400. The van der Waals surface area contributed by atoms with Crippen LogP contribution < -0.4 is 15.8 Å². The second kappa shape index (κ2) is 6.69. The van der Waals surface area contributed by atoms with E-state index in [1.54, 1.807) is 36.4 Å². The van der Waals surface area contributed by atoms with Gasteiger partial charge in [0.1, 0.15) is 5.75 Å². The number of anilines is 2. The summed E-state index contributed by atoms with van der Waals surface area (Å²) >= 11 is 0. The minimum Gasteiger partial charge on any atom is -0.433 e. The number of rotatable bonds is 5. The molecule has 0 aromatic heterocycles. The van der Waals surface area contributed by atoms with Gasteiger partial charge in [0.2, 0.25) is 5.91 Å². The predicted octanol–water partition coefficient (Wildman–Crippen LogP) is 3.05. The van der Waals surface area contributed by atoms with Gasteiger partial charge in [0, 0.05) is 5.69 Å². The van der Waals surface area contributed by atoms with E-state index in [0.29, 0.717) is 5.69 Å². The van der Waals surface area contributed by atoms with E-state index in [-0.39, 0.29) is 23.8 Å². The molecule has 0 atom stereocenters. The van der Waals surface area contributed by atoms with E-state index < -0.39 is 6.61 Å². The molecular weight excluding hydrogens is 278 g/mol. The van der Waals surface area contributed by atoms with Crippen LogP contribution in [0.1, 0.15) is 5.56 Å². The number of nitrogens with two attached hydrogens (primary N) is 1. The Morgan fingerprint density at radius 1 is 1.14 bits per heavy atom. The normalized spacial score (nSPS) is 10.4. The smallest absolute Gasteiger partial charge is 0.387 e. The molecule has 0 radical (unpaired) electrons. The van der Waals surface area contributed by atoms with Gasteiger partial charge in [-0.3, -0.25) is 4.79 Å². The van der Waals surface area contributed by atoms with Gasteiger partial charge in [-0.1, -0.05) is 24.3 Å². The number of nitrogen functional groups attached to an aromatic ring is 1. The Bertz CT molecular complexity index is 615. The van der Waals surface area contributed by atoms with Gasteiger partial charge in [0.05, 0.1) is 12.1 Å². The minimum absolute atomic E-state index is 0.0712. The van der Waals surface area contributed by atoms with Crippen molar-refractivity contribution in [3.63, 3.8) is 0 Å². The summed E-state index contributed by atoms with van der Waals surface area (Å²) in [6, 6.07) is 12.9. The van der Waals surface area contributed by atoms with Crippen molar-refractivity contribution in [1.82, 2.24) is 0 Å². The molecule has 0 heterocycles. The Labute approximate surface area is 120 Å². The van der Waals surface area contributed by atoms with Gasteiger partial charge >= 0.3 is 6.61 Å². The molecule has 0 aliphatic rings. The van der Waals surface area contributed by atoms with Gasteiger partial charge in [-0.15, -0.1) is 0 Å². The first-order chi connectivity index (χ1) is 10.0. The Morgan fingerprint density at radius 3 is 2.48 bits per heavy atom. The zero-order valence-electron chi connectivity index (χ0n) is 11.1. The second-order valence-electron chi connectivity index (χ2n) is 4.34. The lowest BCUT2D eigenvalue weighted by atomic mass is 10.1. The van der Waals surface area contributed by atoms with Gasteiger partial charge in [-0.05, 0) is 29.8 Å².